The van der Waals surface area contributed by atoms with Gasteiger partial charge in [0, 0.05) is 16.7 Å². The lowest BCUT2D eigenvalue weighted by Gasteiger charge is -2.02. The second kappa shape index (κ2) is 5.60. The van der Waals surface area contributed by atoms with Crippen LogP contribution in [0.15, 0.2) is 52.4 Å². The van der Waals surface area contributed by atoms with E-state index in [0.717, 1.165) is 10.6 Å². The molecule has 18 heavy (non-hydrogen) atoms. The number of phenols is 2. The predicted molar refractivity (Wildman–Crippen MR) is 75.2 cm³/mol. The number of para-hydroxylation sites is 1. The van der Waals surface area contributed by atoms with E-state index in [1.54, 1.807) is 18.0 Å². The van der Waals surface area contributed by atoms with Crippen molar-refractivity contribution in [1.29, 1.82) is 0 Å². The highest BCUT2D eigenvalue weighted by molar-refractivity contribution is 7.98. The van der Waals surface area contributed by atoms with Crippen molar-refractivity contribution >= 4 is 23.7 Å². The quantitative estimate of drug-likeness (QED) is 0.503. The minimum Gasteiger partial charge on any atom is -0.508 e. The van der Waals surface area contributed by atoms with Crippen LogP contribution >= 0.6 is 11.8 Å². The SMILES string of the molecule is CSc1ccccc1N=Cc1cc(O)ccc1O. The fourth-order valence-corrected chi connectivity index (χ4v) is 2.07. The smallest absolute Gasteiger partial charge is 0.124 e. The van der Waals surface area contributed by atoms with Gasteiger partial charge in [0.15, 0.2) is 0 Å². The summed E-state index contributed by atoms with van der Waals surface area (Å²) >= 11 is 1.61. The fraction of sp³-hybridized carbons (Fsp3) is 0.0714. The van der Waals surface area contributed by atoms with Gasteiger partial charge in [0.05, 0.1) is 5.69 Å². The van der Waals surface area contributed by atoms with Crippen molar-refractivity contribution < 1.29 is 10.2 Å². The van der Waals surface area contributed by atoms with Gasteiger partial charge < -0.3 is 10.2 Å². The molecule has 4 heteroatoms. The van der Waals surface area contributed by atoms with E-state index in [0.29, 0.717) is 5.56 Å². The van der Waals surface area contributed by atoms with Gasteiger partial charge in [-0.05, 0) is 36.6 Å². The summed E-state index contributed by atoms with van der Waals surface area (Å²) in [5, 5.41) is 19.0. The predicted octanol–water partition coefficient (Wildman–Crippen LogP) is 3.57. The normalized spacial score (nSPS) is 10.9. The van der Waals surface area contributed by atoms with Gasteiger partial charge in [-0.1, -0.05) is 12.1 Å². The van der Waals surface area contributed by atoms with Crippen molar-refractivity contribution in [3.05, 3.63) is 48.0 Å². The molecule has 3 nitrogen and oxygen atoms in total. The Bertz CT molecular complexity index is 582. The van der Waals surface area contributed by atoms with E-state index in [1.165, 1.54) is 18.2 Å². The van der Waals surface area contributed by atoms with Gasteiger partial charge in [-0.3, -0.25) is 4.99 Å². The Hall–Kier alpha value is -1.94. The molecule has 0 aliphatic carbocycles. The van der Waals surface area contributed by atoms with E-state index in [4.69, 9.17) is 0 Å². The molecule has 0 aromatic heterocycles. The van der Waals surface area contributed by atoms with E-state index in [2.05, 4.69) is 4.99 Å². The van der Waals surface area contributed by atoms with Crippen LogP contribution in [0.2, 0.25) is 0 Å². The summed E-state index contributed by atoms with van der Waals surface area (Å²) in [7, 11) is 0. The highest BCUT2D eigenvalue weighted by Crippen LogP contribution is 2.28. The van der Waals surface area contributed by atoms with Crippen LogP contribution in [0.25, 0.3) is 0 Å². The second-order valence-corrected chi connectivity index (χ2v) is 4.52. The molecule has 0 unspecified atom stereocenters. The molecule has 0 spiro atoms. The molecule has 2 aromatic rings. The molecule has 2 rings (SSSR count). The van der Waals surface area contributed by atoms with Gasteiger partial charge in [-0.25, -0.2) is 0 Å². The number of aromatic hydroxyl groups is 2. The average Bonchev–Trinajstić information content (AvgIpc) is 2.40. The first-order valence-electron chi connectivity index (χ1n) is 5.40. The van der Waals surface area contributed by atoms with Crippen molar-refractivity contribution in [2.45, 2.75) is 4.90 Å². The van der Waals surface area contributed by atoms with Crippen molar-refractivity contribution in [2.75, 3.05) is 6.26 Å². The Balaban J connectivity index is 2.33. The van der Waals surface area contributed by atoms with Gasteiger partial charge in [0.25, 0.3) is 0 Å². The molecule has 0 aliphatic heterocycles. The molecule has 0 bridgehead atoms. The lowest BCUT2D eigenvalue weighted by molar-refractivity contribution is 0.459. The van der Waals surface area contributed by atoms with E-state index in [9.17, 15) is 10.2 Å². The number of hydrogen-bond donors (Lipinski definition) is 2. The summed E-state index contributed by atoms with van der Waals surface area (Å²) < 4.78 is 0. The molecule has 0 heterocycles. The molecule has 2 N–H and O–H groups in total. The summed E-state index contributed by atoms with van der Waals surface area (Å²) in [5.74, 6) is 0.200. The van der Waals surface area contributed by atoms with Crippen LogP contribution in [-0.4, -0.2) is 22.7 Å². The largest absolute Gasteiger partial charge is 0.508 e. The lowest BCUT2D eigenvalue weighted by atomic mass is 10.2. The second-order valence-electron chi connectivity index (χ2n) is 3.67. The Morgan fingerprint density at radius 1 is 1.11 bits per heavy atom. The van der Waals surface area contributed by atoms with Crippen LogP contribution in [0.5, 0.6) is 11.5 Å². The van der Waals surface area contributed by atoms with Crippen LogP contribution < -0.4 is 0 Å². The van der Waals surface area contributed by atoms with E-state index in [1.807, 2.05) is 30.5 Å². The number of aliphatic imine (C=N–C) groups is 1. The Morgan fingerprint density at radius 3 is 2.67 bits per heavy atom. The monoisotopic (exact) mass is 259 g/mol. The molecule has 0 atom stereocenters. The zero-order valence-electron chi connectivity index (χ0n) is 9.87. The molecule has 92 valence electrons. The third-order valence-electron chi connectivity index (χ3n) is 2.44. The number of thioether (sulfide) groups is 1. The van der Waals surface area contributed by atoms with Crippen LogP contribution in [0.4, 0.5) is 5.69 Å². The van der Waals surface area contributed by atoms with Crippen LogP contribution in [0, 0.1) is 0 Å². The number of hydrogen-bond acceptors (Lipinski definition) is 4. The molecule has 0 fully saturated rings. The summed E-state index contributed by atoms with van der Waals surface area (Å²) in [4.78, 5) is 5.40. The van der Waals surface area contributed by atoms with Crippen molar-refractivity contribution in [3.8, 4) is 11.5 Å². The van der Waals surface area contributed by atoms with Crippen molar-refractivity contribution in [3.63, 3.8) is 0 Å². The van der Waals surface area contributed by atoms with Crippen molar-refractivity contribution in [2.24, 2.45) is 4.99 Å². The third-order valence-corrected chi connectivity index (χ3v) is 3.22. The van der Waals surface area contributed by atoms with Gasteiger partial charge >= 0.3 is 0 Å². The average molecular weight is 259 g/mol. The van der Waals surface area contributed by atoms with Gasteiger partial charge in [0.2, 0.25) is 0 Å². The first-order chi connectivity index (χ1) is 8.70. The zero-order chi connectivity index (χ0) is 13.0. The highest BCUT2D eigenvalue weighted by atomic mass is 32.2. The maximum Gasteiger partial charge on any atom is 0.124 e. The van der Waals surface area contributed by atoms with E-state index >= 15 is 0 Å². The maximum atomic E-state index is 9.63. The standard InChI is InChI=1S/C14H13NO2S/c1-18-14-5-3-2-4-12(14)15-9-10-8-11(16)6-7-13(10)17/h2-9,16-17H,1H3. The van der Waals surface area contributed by atoms with E-state index in [-0.39, 0.29) is 11.5 Å². The number of benzene rings is 2. The molecular formula is C14H13NO2S. The van der Waals surface area contributed by atoms with Gasteiger partial charge in [-0.2, -0.15) is 0 Å². The zero-order valence-corrected chi connectivity index (χ0v) is 10.7. The minimum absolute atomic E-state index is 0.0955. The first-order valence-corrected chi connectivity index (χ1v) is 6.62. The Labute approximate surface area is 110 Å². The molecule has 0 aliphatic rings. The maximum absolute atomic E-state index is 9.63. The molecule has 0 saturated carbocycles. The molecule has 0 amide bonds. The number of phenolic OH excluding ortho intramolecular Hbond substituents is 2. The van der Waals surface area contributed by atoms with Gasteiger partial charge in [-0.15, -0.1) is 11.8 Å². The van der Waals surface area contributed by atoms with E-state index < -0.39 is 0 Å². The van der Waals surface area contributed by atoms with Crippen LogP contribution in [0.3, 0.4) is 0 Å². The minimum atomic E-state index is 0.0955. The Morgan fingerprint density at radius 2 is 1.89 bits per heavy atom. The fourth-order valence-electron chi connectivity index (χ4n) is 1.52. The lowest BCUT2D eigenvalue weighted by Crippen LogP contribution is -1.82. The van der Waals surface area contributed by atoms with Gasteiger partial charge in [0.1, 0.15) is 11.5 Å². The van der Waals surface area contributed by atoms with Crippen molar-refractivity contribution in [1.82, 2.24) is 0 Å². The molecule has 0 saturated heterocycles. The molecule has 0 radical (unpaired) electrons. The molecule has 2 aromatic carbocycles. The summed E-state index contributed by atoms with van der Waals surface area (Å²) in [6.45, 7) is 0. The summed E-state index contributed by atoms with van der Waals surface area (Å²) in [5.41, 5.74) is 1.33. The topological polar surface area (TPSA) is 52.8 Å². The Kier molecular flexibility index (Phi) is 3.89. The molecular weight excluding hydrogens is 246 g/mol. The van der Waals surface area contributed by atoms with Crippen LogP contribution in [0.1, 0.15) is 5.56 Å². The summed E-state index contributed by atoms with van der Waals surface area (Å²) in [6.07, 6.45) is 3.53. The third kappa shape index (κ3) is 2.84. The summed E-state index contributed by atoms with van der Waals surface area (Å²) in [6, 6.07) is 12.1. The number of nitrogens with zero attached hydrogens (tertiary/aromatic N) is 1. The first kappa shape index (κ1) is 12.5. The van der Waals surface area contributed by atoms with Crippen LogP contribution in [-0.2, 0) is 0 Å². The number of rotatable bonds is 3. The highest BCUT2D eigenvalue weighted by Gasteiger charge is 2.01.